The highest BCUT2D eigenvalue weighted by Crippen LogP contribution is 2.25. The minimum Gasteiger partial charge on any atom is -0.491 e. The van der Waals surface area contributed by atoms with Gasteiger partial charge in [0.15, 0.2) is 0 Å². The Kier molecular flexibility index (Phi) is 5.22. The molecule has 3 N–H and O–H groups in total. The number of halogens is 1. The molecule has 0 spiro atoms. The van der Waals surface area contributed by atoms with E-state index in [9.17, 15) is 0 Å². The Hall–Kier alpha value is -1.07. The highest BCUT2D eigenvalue weighted by Gasteiger charge is 2.10. The molecule has 104 valence electrons. The van der Waals surface area contributed by atoms with Crippen LogP contribution < -0.4 is 10.5 Å². The van der Waals surface area contributed by atoms with Gasteiger partial charge in [0, 0.05) is 12.1 Å². The van der Waals surface area contributed by atoms with Gasteiger partial charge in [-0.2, -0.15) is 0 Å². The number of amidine groups is 1. The van der Waals surface area contributed by atoms with Crippen molar-refractivity contribution in [2.45, 2.75) is 19.3 Å². The number of ether oxygens (including phenoxy) is 1. The Balaban J connectivity index is 1.83. The summed E-state index contributed by atoms with van der Waals surface area (Å²) in [7, 11) is 0. The van der Waals surface area contributed by atoms with Crippen LogP contribution in [0.5, 0.6) is 5.75 Å². The number of hydrogen-bond donors (Lipinski definition) is 2. The lowest BCUT2D eigenvalue weighted by atomic mass is 10.1. The Morgan fingerprint density at radius 3 is 2.68 bits per heavy atom. The van der Waals surface area contributed by atoms with Gasteiger partial charge in [0.2, 0.25) is 0 Å². The zero-order chi connectivity index (χ0) is 13.7. The van der Waals surface area contributed by atoms with Crippen molar-refractivity contribution in [3.05, 3.63) is 28.2 Å². The Labute approximate surface area is 122 Å². The van der Waals surface area contributed by atoms with E-state index in [0.717, 1.165) is 16.8 Å². The van der Waals surface area contributed by atoms with Crippen molar-refractivity contribution in [2.24, 2.45) is 5.73 Å². The molecule has 4 nitrogen and oxygen atoms in total. The van der Waals surface area contributed by atoms with Gasteiger partial charge in [-0.3, -0.25) is 10.3 Å². The van der Waals surface area contributed by atoms with Crippen molar-refractivity contribution in [1.82, 2.24) is 4.90 Å². The third-order valence-corrected chi connectivity index (χ3v) is 3.98. The van der Waals surface area contributed by atoms with Crippen LogP contribution in [0.15, 0.2) is 22.7 Å². The van der Waals surface area contributed by atoms with Gasteiger partial charge in [0.25, 0.3) is 0 Å². The largest absolute Gasteiger partial charge is 0.491 e. The Morgan fingerprint density at radius 2 is 2.05 bits per heavy atom. The lowest BCUT2D eigenvalue weighted by molar-refractivity contribution is 0.183. The summed E-state index contributed by atoms with van der Waals surface area (Å²) < 4.78 is 6.62. The molecule has 0 bridgehead atoms. The van der Waals surface area contributed by atoms with Crippen LogP contribution in [0.2, 0.25) is 0 Å². The molecular weight excluding hydrogens is 306 g/mol. The summed E-state index contributed by atoms with van der Waals surface area (Å²) in [4.78, 5) is 2.45. The number of hydrogen-bond acceptors (Lipinski definition) is 3. The van der Waals surface area contributed by atoms with Gasteiger partial charge in [-0.1, -0.05) is 6.42 Å². The van der Waals surface area contributed by atoms with Crippen molar-refractivity contribution in [3.63, 3.8) is 0 Å². The summed E-state index contributed by atoms with van der Waals surface area (Å²) in [5, 5.41) is 7.38. The van der Waals surface area contributed by atoms with Crippen LogP contribution in [-0.2, 0) is 0 Å². The molecule has 1 aliphatic rings. The number of benzene rings is 1. The van der Waals surface area contributed by atoms with Crippen molar-refractivity contribution in [3.8, 4) is 5.75 Å². The van der Waals surface area contributed by atoms with Crippen LogP contribution in [0.4, 0.5) is 0 Å². The van der Waals surface area contributed by atoms with E-state index in [0.29, 0.717) is 12.2 Å². The highest BCUT2D eigenvalue weighted by atomic mass is 79.9. The van der Waals surface area contributed by atoms with E-state index < -0.39 is 0 Å². The van der Waals surface area contributed by atoms with Gasteiger partial charge in [0.05, 0.1) is 4.47 Å². The number of nitrogens with two attached hydrogens (primary N) is 1. The van der Waals surface area contributed by atoms with E-state index in [2.05, 4.69) is 20.8 Å². The first-order valence-corrected chi connectivity index (χ1v) is 7.45. The van der Waals surface area contributed by atoms with E-state index in [-0.39, 0.29) is 5.84 Å². The zero-order valence-electron chi connectivity index (χ0n) is 11.0. The smallest absolute Gasteiger partial charge is 0.133 e. The quantitative estimate of drug-likeness (QED) is 0.646. The van der Waals surface area contributed by atoms with E-state index in [1.54, 1.807) is 0 Å². The predicted molar refractivity (Wildman–Crippen MR) is 80.9 cm³/mol. The second kappa shape index (κ2) is 6.91. The molecule has 0 radical (unpaired) electrons. The van der Waals surface area contributed by atoms with Crippen LogP contribution in [0.1, 0.15) is 24.8 Å². The molecule has 0 aliphatic carbocycles. The third kappa shape index (κ3) is 4.21. The van der Waals surface area contributed by atoms with E-state index in [1.807, 2.05) is 18.2 Å². The SMILES string of the molecule is N=C(N)c1ccc(OCCN2CCCCC2)c(Br)c1. The topological polar surface area (TPSA) is 62.3 Å². The summed E-state index contributed by atoms with van der Waals surface area (Å²) in [6, 6.07) is 5.49. The lowest BCUT2D eigenvalue weighted by Crippen LogP contribution is -2.33. The van der Waals surface area contributed by atoms with Gasteiger partial charge < -0.3 is 10.5 Å². The monoisotopic (exact) mass is 325 g/mol. The number of nitrogens with one attached hydrogen (secondary N) is 1. The van der Waals surface area contributed by atoms with Gasteiger partial charge in [0.1, 0.15) is 18.2 Å². The molecule has 0 aromatic heterocycles. The molecule has 0 saturated carbocycles. The number of likely N-dealkylation sites (tertiary alicyclic amines) is 1. The van der Waals surface area contributed by atoms with Gasteiger partial charge >= 0.3 is 0 Å². The molecule has 2 rings (SSSR count). The molecule has 0 atom stereocenters. The van der Waals surface area contributed by atoms with Crippen LogP contribution in [0.25, 0.3) is 0 Å². The average molecular weight is 326 g/mol. The first-order valence-electron chi connectivity index (χ1n) is 6.66. The fourth-order valence-electron chi connectivity index (χ4n) is 2.25. The first-order chi connectivity index (χ1) is 9.16. The van der Waals surface area contributed by atoms with Crippen LogP contribution in [0.3, 0.4) is 0 Å². The van der Waals surface area contributed by atoms with Crippen molar-refractivity contribution in [2.75, 3.05) is 26.2 Å². The molecule has 1 heterocycles. The van der Waals surface area contributed by atoms with Crippen molar-refractivity contribution >= 4 is 21.8 Å². The molecule has 5 heteroatoms. The lowest BCUT2D eigenvalue weighted by Gasteiger charge is -2.26. The minimum absolute atomic E-state index is 0.0700. The molecule has 1 aromatic rings. The standard InChI is InChI=1S/C14H20BrN3O/c15-12-10-11(14(16)17)4-5-13(12)19-9-8-18-6-2-1-3-7-18/h4-5,10H,1-3,6-9H2,(H3,16,17). The van der Waals surface area contributed by atoms with Crippen molar-refractivity contribution in [1.29, 1.82) is 5.41 Å². The summed E-state index contributed by atoms with van der Waals surface area (Å²) >= 11 is 3.45. The van der Waals surface area contributed by atoms with E-state index in [1.165, 1.54) is 32.4 Å². The molecule has 1 aliphatic heterocycles. The zero-order valence-corrected chi connectivity index (χ0v) is 12.6. The fraction of sp³-hybridized carbons (Fsp3) is 0.500. The molecule has 0 amide bonds. The maximum Gasteiger partial charge on any atom is 0.133 e. The number of rotatable bonds is 5. The normalized spacial score (nSPS) is 16.3. The number of piperidine rings is 1. The maximum atomic E-state index is 7.38. The maximum absolute atomic E-state index is 7.38. The average Bonchev–Trinajstić information content (AvgIpc) is 2.41. The third-order valence-electron chi connectivity index (χ3n) is 3.36. The highest BCUT2D eigenvalue weighted by molar-refractivity contribution is 9.10. The van der Waals surface area contributed by atoms with E-state index in [4.69, 9.17) is 15.9 Å². The Bertz CT molecular complexity index is 444. The molecule has 0 unspecified atom stereocenters. The van der Waals surface area contributed by atoms with Gasteiger partial charge in [-0.05, 0) is 60.1 Å². The van der Waals surface area contributed by atoms with Crippen LogP contribution >= 0.6 is 15.9 Å². The molecular formula is C14H20BrN3O. The molecule has 1 fully saturated rings. The summed E-state index contributed by atoms with van der Waals surface area (Å²) in [5.41, 5.74) is 6.15. The number of nitrogen functional groups attached to an aromatic ring is 1. The van der Waals surface area contributed by atoms with Gasteiger partial charge in [-0.25, -0.2) is 0 Å². The molecule has 19 heavy (non-hydrogen) atoms. The Morgan fingerprint density at radius 1 is 1.32 bits per heavy atom. The van der Waals surface area contributed by atoms with Gasteiger partial charge in [-0.15, -0.1) is 0 Å². The molecule has 1 saturated heterocycles. The molecule has 1 aromatic carbocycles. The summed E-state index contributed by atoms with van der Waals surface area (Å²) in [6.07, 6.45) is 3.96. The second-order valence-electron chi connectivity index (χ2n) is 4.81. The first kappa shape index (κ1) is 14.3. The second-order valence-corrected chi connectivity index (χ2v) is 5.66. The van der Waals surface area contributed by atoms with Crippen molar-refractivity contribution < 1.29 is 4.74 Å². The number of nitrogens with zero attached hydrogens (tertiary/aromatic N) is 1. The summed E-state index contributed by atoms with van der Waals surface area (Å²) in [5.74, 6) is 0.877. The van der Waals surface area contributed by atoms with Crippen LogP contribution in [-0.4, -0.2) is 37.0 Å². The predicted octanol–water partition coefficient (Wildman–Crippen LogP) is 2.60. The fourth-order valence-corrected chi connectivity index (χ4v) is 2.75. The van der Waals surface area contributed by atoms with E-state index >= 15 is 0 Å². The summed E-state index contributed by atoms with van der Waals surface area (Å²) in [6.45, 7) is 4.04. The van der Waals surface area contributed by atoms with Crippen LogP contribution in [0, 0.1) is 5.41 Å². The minimum atomic E-state index is 0.0700.